The number of nitrogens with zero attached hydrogens (tertiary/aromatic N) is 3. The van der Waals surface area contributed by atoms with Crippen LogP contribution >= 0.6 is 0 Å². The number of aromatic nitrogens is 1. The molecule has 0 amide bonds. The fourth-order valence-corrected chi connectivity index (χ4v) is 3.92. The molecule has 11 heteroatoms. The van der Waals surface area contributed by atoms with E-state index in [4.69, 9.17) is 5.14 Å². The minimum absolute atomic E-state index is 0.0769. The fraction of sp³-hybridized carbons (Fsp3) is 0.444. The van der Waals surface area contributed by atoms with Crippen molar-refractivity contribution < 1.29 is 21.2 Å². The molecular formula is C9H13FN4O4S2. The minimum Gasteiger partial charge on any atom is -0.241 e. The summed E-state index contributed by atoms with van der Waals surface area (Å²) in [4.78, 5) is 3.53. The molecule has 0 aromatic carbocycles. The lowest BCUT2D eigenvalue weighted by molar-refractivity contribution is 0.271. The Labute approximate surface area is 116 Å². The zero-order valence-electron chi connectivity index (χ0n) is 10.3. The van der Waals surface area contributed by atoms with Gasteiger partial charge in [0.15, 0.2) is 5.82 Å². The molecule has 1 aliphatic heterocycles. The van der Waals surface area contributed by atoms with Gasteiger partial charge in [-0.2, -0.15) is 17.0 Å². The molecule has 8 nitrogen and oxygen atoms in total. The van der Waals surface area contributed by atoms with Crippen molar-refractivity contribution in [3.05, 3.63) is 24.1 Å². The maximum absolute atomic E-state index is 13.5. The summed E-state index contributed by atoms with van der Waals surface area (Å²) in [5.41, 5.74) is 0. The zero-order valence-corrected chi connectivity index (χ0v) is 11.9. The van der Waals surface area contributed by atoms with Gasteiger partial charge in [-0.3, -0.25) is 0 Å². The Morgan fingerprint density at radius 3 is 2.15 bits per heavy atom. The van der Waals surface area contributed by atoms with Gasteiger partial charge in [0.25, 0.3) is 20.2 Å². The Balaban J connectivity index is 2.20. The van der Waals surface area contributed by atoms with Crippen LogP contribution in [0.2, 0.25) is 0 Å². The van der Waals surface area contributed by atoms with Gasteiger partial charge in [0, 0.05) is 32.4 Å². The molecule has 1 aromatic heterocycles. The van der Waals surface area contributed by atoms with E-state index < -0.39 is 31.1 Å². The standard InChI is InChI=1S/C9H13FN4O4S2/c10-8-2-1-3-12-9(8)19(15,16)13-4-6-14(7-5-13)20(11,17)18/h1-3H,4-7H2,(H2,11,17,18). The van der Waals surface area contributed by atoms with Crippen LogP contribution in [0.3, 0.4) is 0 Å². The molecular weight excluding hydrogens is 311 g/mol. The van der Waals surface area contributed by atoms with Crippen molar-refractivity contribution in [3.63, 3.8) is 0 Å². The van der Waals surface area contributed by atoms with Crippen molar-refractivity contribution >= 4 is 20.2 Å². The van der Waals surface area contributed by atoms with Gasteiger partial charge in [-0.15, -0.1) is 0 Å². The van der Waals surface area contributed by atoms with Crippen LogP contribution in [-0.4, -0.2) is 56.6 Å². The van der Waals surface area contributed by atoms with Crippen LogP contribution < -0.4 is 5.14 Å². The molecule has 112 valence electrons. The Morgan fingerprint density at radius 2 is 1.65 bits per heavy atom. The molecule has 0 bridgehead atoms. The van der Waals surface area contributed by atoms with Gasteiger partial charge in [-0.25, -0.2) is 22.9 Å². The maximum atomic E-state index is 13.5. The highest BCUT2D eigenvalue weighted by molar-refractivity contribution is 7.89. The highest BCUT2D eigenvalue weighted by atomic mass is 32.2. The summed E-state index contributed by atoms with van der Waals surface area (Å²) in [6.45, 7) is -0.359. The van der Waals surface area contributed by atoms with Gasteiger partial charge in [0.1, 0.15) is 0 Å². The molecule has 0 saturated carbocycles. The Morgan fingerprint density at radius 1 is 1.10 bits per heavy atom. The third-order valence-corrected chi connectivity index (χ3v) is 5.79. The van der Waals surface area contributed by atoms with Crippen molar-refractivity contribution in [1.29, 1.82) is 0 Å². The Hall–Kier alpha value is -1.14. The summed E-state index contributed by atoms with van der Waals surface area (Å²) in [7, 11) is -7.92. The van der Waals surface area contributed by atoms with E-state index in [2.05, 4.69) is 4.98 Å². The molecule has 0 spiro atoms. The lowest BCUT2D eigenvalue weighted by Crippen LogP contribution is -2.52. The third-order valence-electron chi connectivity index (χ3n) is 2.87. The van der Waals surface area contributed by atoms with E-state index in [-0.39, 0.29) is 26.2 Å². The molecule has 1 aliphatic rings. The number of hydrogen-bond donors (Lipinski definition) is 1. The summed E-state index contributed by atoms with van der Waals surface area (Å²) in [5.74, 6) is -0.943. The summed E-state index contributed by atoms with van der Waals surface area (Å²) in [6.07, 6.45) is 1.18. The first kappa shape index (κ1) is 15.3. The number of rotatable bonds is 3. The Kier molecular flexibility index (Phi) is 4.07. The summed E-state index contributed by atoms with van der Waals surface area (Å²) >= 11 is 0. The lowest BCUT2D eigenvalue weighted by Gasteiger charge is -2.31. The first-order valence-electron chi connectivity index (χ1n) is 5.61. The van der Waals surface area contributed by atoms with Crippen LogP contribution in [0, 0.1) is 5.82 Å². The maximum Gasteiger partial charge on any atom is 0.276 e. The second-order valence-electron chi connectivity index (χ2n) is 4.14. The predicted molar refractivity (Wildman–Crippen MR) is 67.6 cm³/mol. The van der Waals surface area contributed by atoms with Gasteiger partial charge in [0.2, 0.25) is 5.03 Å². The van der Waals surface area contributed by atoms with Gasteiger partial charge in [0.05, 0.1) is 0 Å². The average molecular weight is 324 g/mol. The van der Waals surface area contributed by atoms with Crippen molar-refractivity contribution in [2.24, 2.45) is 5.14 Å². The first-order valence-corrected chi connectivity index (χ1v) is 8.56. The van der Waals surface area contributed by atoms with Crippen LogP contribution in [0.1, 0.15) is 0 Å². The molecule has 2 rings (SSSR count). The van der Waals surface area contributed by atoms with E-state index >= 15 is 0 Å². The van der Waals surface area contributed by atoms with Crippen molar-refractivity contribution in [2.45, 2.75) is 5.03 Å². The van der Waals surface area contributed by atoms with Crippen molar-refractivity contribution in [1.82, 2.24) is 13.6 Å². The van der Waals surface area contributed by atoms with Gasteiger partial charge >= 0.3 is 0 Å². The van der Waals surface area contributed by atoms with E-state index in [0.29, 0.717) is 0 Å². The highest BCUT2D eigenvalue weighted by Crippen LogP contribution is 2.18. The number of piperazine rings is 1. The Bertz CT molecular complexity index is 698. The summed E-state index contributed by atoms with van der Waals surface area (Å²) in [5, 5.41) is 4.29. The molecule has 0 aliphatic carbocycles. The largest absolute Gasteiger partial charge is 0.276 e. The molecule has 1 saturated heterocycles. The van der Waals surface area contributed by atoms with Crippen LogP contribution in [0.25, 0.3) is 0 Å². The number of nitrogens with two attached hydrogens (primary N) is 1. The first-order chi connectivity index (χ1) is 9.23. The topological polar surface area (TPSA) is 114 Å². The van der Waals surface area contributed by atoms with Crippen molar-refractivity contribution in [3.8, 4) is 0 Å². The number of halogens is 1. The number of pyridine rings is 1. The third kappa shape index (κ3) is 2.96. The molecule has 20 heavy (non-hydrogen) atoms. The van der Waals surface area contributed by atoms with Gasteiger partial charge in [-0.1, -0.05) is 0 Å². The molecule has 0 radical (unpaired) electrons. The molecule has 0 unspecified atom stereocenters. The second-order valence-corrected chi connectivity index (χ2v) is 7.54. The molecule has 1 fully saturated rings. The number of sulfonamides is 1. The summed E-state index contributed by atoms with van der Waals surface area (Å²) < 4.78 is 62.1. The van der Waals surface area contributed by atoms with Crippen LogP contribution in [0.4, 0.5) is 4.39 Å². The minimum atomic E-state index is -4.08. The highest BCUT2D eigenvalue weighted by Gasteiger charge is 2.33. The van der Waals surface area contributed by atoms with Crippen LogP contribution in [0.5, 0.6) is 0 Å². The molecule has 0 atom stereocenters. The van der Waals surface area contributed by atoms with Gasteiger partial charge in [-0.05, 0) is 12.1 Å². The van der Waals surface area contributed by atoms with E-state index in [9.17, 15) is 21.2 Å². The SMILES string of the molecule is NS(=O)(=O)N1CCN(S(=O)(=O)c2ncccc2F)CC1. The summed E-state index contributed by atoms with van der Waals surface area (Å²) in [6, 6.07) is 2.29. The quantitative estimate of drug-likeness (QED) is 0.745. The van der Waals surface area contributed by atoms with Crippen LogP contribution in [-0.2, 0) is 20.2 Å². The number of hydrogen-bond acceptors (Lipinski definition) is 5. The van der Waals surface area contributed by atoms with E-state index in [1.807, 2.05) is 0 Å². The monoisotopic (exact) mass is 324 g/mol. The predicted octanol–water partition coefficient (Wildman–Crippen LogP) is -1.27. The van der Waals surface area contributed by atoms with Gasteiger partial charge < -0.3 is 0 Å². The van der Waals surface area contributed by atoms with Crippen LogP contribution in [0.15, 0.2) is 23.4 Å². The molecule has 1 aromatic rings. The zero-order chi connectivity index (χ0) is 15.0. The normalized spacial score (nSPS) is 19.1. The van der Waals surface area contributed by atoms with E-state index in [1.165, 1.54) is 12.3 Å². The fourth-order valence-electron chi connectivity index (χ4n) is 1.85. The smallest absolute Gasteiger partial charge is 0.241 e. The van der Waals surface area contributed by atoms with Crippen molar-refractivity contribution in [2.75, 3.05) is 26.2 Å². The second kappa shape index (κ2) is 5.33. The molecule has 2 N–H and O–H groups in total. The lowest BCUT2D eigenvalue weighted by atomic mass is 10.4. The molecule has 2 heterocycles. The van der Waals surface area contributed by atoms with E-state index in [0.717, 1.165) is 14.7 Å². The van der Waals surface area contributed by atoms with E-state index in [1.54, 1.807) is 0 Å². The average Bonchev–Trinajstić information content (AvgIpc) is 2.38.